The number of halogens is 1. The fraction of sp³-hybridized carbons (Fsp3) is 0.240. The number of carbonyl (C=O) groups excluding carboxylic acids is 1. The van der Waals surface area contributed by atoms with E-state index in [0.717, 1.165) is 16.1 Å². The van der Waals surface area contributed by atoms with E-state index < -0.39 is 21.7 Å². The number of sulfonamides is 1. The molecule has 180 valence electrons. The van der Waals surface area contributed by atoms with Crippen LogP contribution in [0.2, 0.25) is 0 Å². The molecule has 7 nitrogen and oxygen atoms in total. The number of rotatable bonds is 9. The molecular weight excluding hydrogens is 459 g/mol. The van der Waals surface area contributed by atoms with E-state index in [1.54, 1.807) is 6.07 Å². The average molecular weight is 487 g/mol. The molecule has 3 aromatic carbocycles. The molecule has 0 aliphatic carbocycles. The van der Waals surface area contributed by atoms with Gasteiger partial charge in [-0.15, -0.1) is 0 Å². The largest absolute Gasteiger partial charge is 0.493 e. The van der Waals surface area contributed by atoms with E-state index in [0.29, 0.717) is 0 Å². The van der Waals surface area contributed by atoms with Crippen molar-refractivity contribution >= 4 is 21.6 Å². The van der Waals surface area contributed by atoms with Gasteiger partial charge in [-0.2, -0.15) is 0 Å². The van der Waals surface area contributed by atoms with Crippen LogP contribution in [0.3, 0.4) is 0 Å². The van der Waals surface area contributed by atoms with Crippen LogP contribution in [0.5, 0.6) is 11.5 Å². The Morgan fingerprint density at radius 2 is 1.59 bits per heavy atom. The Morgan fingerprint density at radius 3 is 2.18 bits per heavy atom. The predicted octanol–water partition coefficient (Wildman–Crippen LogP) is 4.30. The van der Waals surface area contributed by atoms with Crippen molar-refractivity contribution in [2.45, 2.75) is 19.5 Å². The van der Waals surface area contributed by atoms with Gasteiger partial charge in [-0.25, -0.2) is 12.8 Å². The summed E-state index contributed by atoms with van der Waals surface area (Å²) in [6.45, 7) is 1.51. The quantitative estimate of drug-likeness (QED) is 0.488. The van der Waals surface area contributed by atoms with Crippen molar-refractivity contribution in [1.82, 2.24) is 5.32 Å². The number of hydrogen-bond acceptors (Lipinski definition) is 5. The second-order valence-electron chi connectivity index (χ2n) is 7.69. The van der Waals surface area contributed by atoms with Crippen molar-refractivity contribution < 1.29 is 27.1 Å². The van der Waals surface area contributed by atoms with Gasteiger partial charge in [0.2, 0.25) is 10.0 Å². The molecule has 3 aromatic rings. The minimum Gasteiger partial charge on any atom is -0.493 e. The normalized spacial score (nSPS) is 12.0. The number of hydrogen-bond donors (Lipinski definition) is 1. The van der Waals surface area contributed by atoms with E-state index in [1.807, 2.05) is 37.3 Å². The van der Waals surface area contributed by atoms with Gasteiger partial charge in [0.05, 0.1) is 44.3 Å². The highest BCUT2D eigenvalue weighted by Crippen LogP contribution is 2.37. The highest BCUT2D eigenvalue weighted by molar-refractivity contribution is 7.92. The first kappa shape index (κ1) is 25.0. The van der Waals surface area contributed by atoms with Crippen LogP contribution in [0.15, 0.2) is 66.7 Å². The molecule has 1 unspecified atom stereocenters. The minimum absolute atomic E-state index is 0.0427. The molecule has 0 spiro atoms. The van der Waals surface area contributed by atoms with E-state index in [1.165, 1.54) is 44.6 Å². The van der Waals surface area contributed by atoms with E-state index in [2.05, 4.69) is 5.32 Å². The second-order valence-corrected chi connectivity index (χ2v) is 9.60. The maximum atomic E-state index is 14.4. The first-order valence-corrected chi connectivity index (χ1v) is 12.3. The molecular formula is C25H27FN2O5S. The third kappa shape index (κ3) is 5.66. The van der Waals surface area contributed by atoms with Crippen molar-refractivity contribution in [2.24, 2.45) is 0 Å². The van der Waals surface area contributed by atoms with Gasteiger partial charge < -0.3 is 14.8 Å². The molecule has 0 radical (unpaired) electrons. The molecule has 0 aromatic heterocycles. The Labute approximate surface area is 199 Å². The summed E-state index contributed by atoms with van der Waals surface area (Å²) in [7, 11) is -1.10. The van der Waals surface area contributed by atoms with Crippen molar-refractivity contribution in [3.63, 3.8) is 0 Å². The number of nitrogens with one attached hydrogen (secondary N) is 1. The summed E-state index contributed by atoms with van der Waals surface area (Å²) in [5.41, 5.74) is 1.12. The Bertz CT molecular complexity index is 1270. The first-order valence-electron chi connectivity index (χ1n) is 10.5. The lowest BCUT2D eigenvalue weighted by Gasteiger charge is -2.26. The van der Waals surface area contributed by atoms with Gasteiger partial charge in [0.25, 0.3) is 5.91 Å². The summed E-state index contributed by atoms with van der Waals surface area (Å²) in [6.07, 6.45) is 0.999. The highest BCUT2D eigenvalue weighted by Gasteiger charge is 2.28. The first-order chi connectivity index (χ1) is 16.2. The van der Waals surface area contributed by atoms with Gasteiger partial charge in [-0.1, -0.05) is 48.5 Å². The number of ether oxygens (including phenoxy) is 2. The number of methoxy groups -OCH3 is 2. The topological polar surface area (TPSA) is 84.9 Å². The lowest BCUT2D eigenvalue weighted by molar-refractivity contribution is 0.0940. The zero-order chi connectivity index (χ0) is 24.9. The highest BCUT2D eigenvalue weighted by atomic mass is 32.2. The summed E-state index contributed by atoms with van der Waals surface area (Å²) < 4.78 is 51.7. The monoisotopic (exact) mass is 486 g/mol. The maximum absolute atomic E-state index is 14.4. The van der Waals surface area contributed by atoms with E-state index >= 15 is 0 Å². The Morgan fingerprint density at radius 1 is 1.00 bits per heavy atom. The molecule has 0 aliphatic rings. The van der Waals surface area contributed by atoms with E-state index in [9.17, 15) is 17.6 Å². The van der Waals surface area contributed by atoms with Crippen LogP contribution in [0.1, 0.15) is 34.5 Å². The molecule has 0 saturated heterocycles. The number of amides is 1. The standard InChI is InChI=1S/C25H27FN2O5S/c1-17(18-10-6-5-7-11-18)27-25(29)20-14-23(32-2)24(33-3)15-22(20)28(34(4,30)31)16-19-12-8-9-13-21(19)26/h5-15,17H,16H2,1-4H3,(H,27,29). The lowest BCUT2D eigenvalue weighted by Crippen LogP contribution is -2.33. The molecule has 0 bridgehead atoms. The van der Waals surface area contributed by atoms with Gasteiger partial charge in [0, 0.05) is 11.6 Å². The average Bonchev–Trinajstić information content (AvgIpc) is 2.82. The van der Waals surface area contributed by atoms with Gasteiger partial charge in [-0.05, 0) is 24.6 Å². The number of benzene rings is 3. The summed E-state index contributed by atoms with van der Waals surface area (Å²) in [4.78, 5) is 13.4. The summed E-state index contributed by atoms with van der Waals surface area (Å²) >= 11 is 0. The van der Waals surface area contributed by atoms with Crippen LogP contribution in [0.4, 0.5) is 10.1 Å². The lowest BCUT2D eigenvalue weighted by atomic mass is 10.1. The Hall–Kier alpha value is -3.59. The fourth-order valence-electron chi connectivity index (χ4n) is 3.52. The third-order valence-electron chi connectivity index (χ3n) is 5.33. The van der Waals surface area contributed by atoms with Crippen molar-refractivity contribution in [3.8, 4) is 11.5 Å². The third-order valence-corrected chi connectivity index (χ3v) is 6.46. The van der Waals surface area contributed by atoms with Crippen LogP contribution in [0, 0.1) is 5.82 Å². The van der Waals surface area contributed by atoms with Crippen molar-refractivity contribution in [2.75, 3.05) is 24.8 Å². The zero-order valence-electron chi connectivity index (χ0n) is 19.4. The van der Waals surface area contributed by atoms with Crippen LogP contribution in [-0.2, 0) is 16.6 Å². The number of anilines is 1. The molecule has 1 atom stereocenters. The van der Waals surface area contributed by atoms with Crippen molar-refractivity contribution in [1.29, 1.82) is 0 Å². The fourth-order valence-corrected chi connectivity index (χ4v) is 4.40. The molecule has 0 saturated carbocycles. The van der Waals surface area contributed by atoms with Gasteiger partial charge in [0.1, 0.15) is 5.82 Å². The van der Waals surface area contributed by atoms with Gasteiger partial charge in [0.15, 0.2) is 11.5 Å². The SMILES string of the molecule is COc1cc(C(=O)NC(C)c2ccccc2)c(N(Cc2ccccc2F)S(C)(=O)=O)cc1OC. The smallest absolute Gasteiger partial charge is 0.254 e. The van der Waals surface area contributed by atoms with Gasteiger partial charge in [-0.3, -0.25) is 9.10 Å². The predicted molar refractivity (Wildman–Crippen MR) is 129 cm³/mol. The van der Waals surface area contributed by atoms with Crippen LogP contribution in [-0.4, -0.2) is 34.8 Å². The minimum atomic E-state index is -3.92. The Kier molecular flexibility index (Phi) is 7.78. The molecule has 1 amide bonds. The number of carbonyl (C=O) groups is 1. The molecule has 1 N–H and O–H groups in total. The summed E-state index contributed by atoms with van der Waals surface area (Å²) in [5, 5.41) is 2.89. The van der Waals surface area contributed by atoms with Crippen LogP contribution >= 0.6 is 0 Å². The van der Waals surface area contributed by atoms with Crippen LogP contribution in [0.25, 0.3) is 0 Å². The molecule has 9 heteroatoms. The van der Waals surface area contributed by atoms with Crippen LogP contribution < -0.4 is 19.1 Å². The Balaban J connectivity index is 2.11. The molecule has 3 rings (SSSR count). The summed E-state index contributed by atoms with van der Waals surface area (Å²) in [5.74, 6) is -0.592. The zero-order valence-corrected chi connectivity index (χ0v) is 20.2. The second kappa shape index (κ2) is 10.6. The number of nitrogens with zero attached hydrogens (tertiary/aromatic N) is 1. The van der Waals surface area contributed by atoms with E-state index in [-0.39, 0.29) is 40.9 Å². The molecule has 0 heterocycles. The van der Waals surface area contributed by atoms with Crippen molar-refractivity contribution in [3.05, 3.63) is 89.2 Å². The van der Waals surface area contributed by atoms with Gasteiger partial charge >= 0.3 is 0 Å². The molecule has 34 heavy (non-hydrogen) atoms. The van der Waals surface area contributed by atoms with E-state index in [4.69, 9.17) is 9.47 Å². The molecule has 0 fully saturated rings. The maximum Gasteiger partial charge on any atom is 0.254 e. The summed E-state index contributed by atoms with van der Waals surface area (Å²) in [6, 6.07) is 17.7. The molecule has 0 aliphatic heterocycles.